The first-order valence-electron chi connectivity index (χ1n) is 19.3. The Morgan fingerprint density at radius 2 is 1.85 bits per heavy atom. The molecule has 5 atom stereocenters. The Morgan fingerprint density at radius 1 is 1.08 bits per heavy atom. The molecule has 0 unspecified atom stereocenters. The highest BCUT2D eigenvalue weighted by Gasteiger charge is 2.61. The summed E-state index contributed by atoms with van der Waals surface area (Å²) in [5.41, 5.74) is -0.220. The molecule has 0 radical (unpaired) electrons. The molecule has 12 nitrogen and oxygen atoms in total. The molecule has 3 heterocycles. The van der Waals surface area contributed by atoms with Crippen molar-refractivity contribution in [3.8, 4) is 11.6 Å². The van der Waals surface area contributed by atoms with Crippen molar-refractivity contribution >= 4 is 44.4 Å². The van der Waals surface area contributed by atoms with Gasteiger partial charge in [-0.25, -0.2) is 13.4 Å². The maximum absolute atomic E-state index is 14.8. The lowest BCUT2D eigenvalue weighted by Crippen LogP contribution is -2.48. The van der Waals surface area contributed by atoms with Crippen LogP contribution in [-0.2, 0) is 40.4 Å². The van der Waals surface area contributed by atoms with Gasteiger partial charge in [0.25, 0.3) is 0 Å². The lowest BCUT2D eigenvalue weighted by molar-refractivity contribution is -0.152. The average molecular weight is 750 g/mol. The Balaban J connectivity index is 1.22. The topological polar surface area (TPSA) is 158 Å². The summed E-state index contributed by atoms with van der Waals surface area (Å²) in [6.45, 7) is 4.20. The number of pyridine rings is 1. The highest BCUT2D eigenvalue weighted by Crippen LogP contribution is 2.57. The molecule has 2 aromatic rings. The molecule has 2 aliphatic heterocycles. The number of aryl methyl sites for hydroxylation is 1. The number of hydrogen-bond donors (Lipinski definition) is 1. The molecule has 0 spiro atoms. The predicted octanol–water partition coefficient (Wildman–Crippen LogP) is 5.21. The SMILES string of the molecule is C=C[C@H]1C[C@]1(CC(=O)[C@@H]1C[C@@H]2CN1C(=O)[C@H](C1CCCCC1)CC(=O)OCCCCCc1cc(OC)c3ccnc(c3c1)O2)C(=O)NS(=O)(=O)C1CC1. The van der Waals surface area contributed by atoms with Crippen LogP contribution in [-0.4, -0.2) is 79.5 Å². The van der Waals surface area contributed by atoms with E-state index < -0.39 is 50.6 Å². The number of benzene rings is 1. The van der Waals surface area contributed by atoms with Crippen LogP contribution >= 0.6 is 0 Å². The van der Waals surface area contributed by atoms with Gasteiger partial charge >= 0.3 is 5.97 Å². The van der Waals surface area contributed by atoms with Crippen LogP contribution in [0.2, 0.25) is 0 Å². The summed E-state index contributed by atoms with van der Waals surface area (Å²) in [6.07, 6.45) is 11.5. The summed E-state index contributed by atoms with van der Waals surface area (Å²) in [5, 5.41) is 1.00. The third kappa shape index (κ3) is 7.95. The van der Waals surface area contributed by atoms with Crippen molar-refractivity contribution in [1.82, 2.24) is 14.6 Å². The highest BCUT2D eigenvalue weighted by atomic mass is 32.2. The smallest absolute Gasteiger partial charge is 0.306 e. The number of methoxy groups -OCH3 is 1. The largest absolute Gasteiger partial charge is 0.496 e. The molecule has 1 aromatic carbocycles. The van der Waals surface area contributed by atoms with E-state index in [1.165, 1.54) is 0 Å². The van der Waals surface area contributed by atoms with Crippen molar-refractivity contribution in [2.75, 3.05) is 20.3 Å². The zero-order valence-corrected chi connectivity index (χ0v) is 31.4. The number of allylic oxidation sites excluding steroid dienone is 1. The zero-order chi connectivity index (χ0) is 37.3. The number of esters is 1. The fraction of sp³-hybridized carbons (Fsp3) is 0.625. The number of nitrogens with zero attached hydrogens (tertiary/aromatic N) is 2. The maximum atomic E-state index is 14.8. The van der Waals surface area contributed by atoms with Gasteiger partial charge < -0.3 is 19.1 Å². The Bertz CT molecular complexity index is 1870. The molecule has 3 saturated carbocycles. The first-order chi connectivity index (χ1) is 25.5. The quantitative estimate of drug-likeness (QED) is 0.267. The Morgan fingerprint density at radius 3 is 2.57 bits per heavy atom. The zero-order valence-electron chi connectivity index (χ0n) is 30.6. The molecule has 13 heteroatoms. The minimum Gasteiger partial charge on any atom is -0.496 e. The van der Waals surface area contributed by atoms with Gasteiger partial charge in [-0.05, 0) is 93.4 Å². The first-order valence-corrected chi connectivity index (χ1v) is 20.9. The van der Waals surface area contributed by atoms with Crippen LogP contribution in [0.3, 0.4) is 0 Å². The van der Waals surface area contributed by atoms with Crippen LogP contribution in [0, 0.1) is 23.2 Å². The number of ketones is 1. The van der Waals surface area contributed by atoms with Gasteiger partial charge in [0.1, 0.15) is 11.9 Å². The van der Waals surface area contributed by atoms with E-state index in [4.69, 9.17) is 14.2 Å². The van der Waals surface area contributed by atoms with Crippen LogP contribution in [0.5, 0.6) is 11.6 Å². The lowest BCUT2D eigenvalue weighted by atomic mass is 9.77. The Kier molecular flexibility index (Phi) is 10.8. The number of sulfonamides is 1. The summed E-state index contributed by atoms with van der Waals surface area (Å²) in [6, 6.07) is 4.98. The molecule has 1 aromatic heterocycles. The van der Waals surface area contributed by atoms with Crippen LogP contribution in [0.15, 0.2) is 37.1 Å². The first kappa shape index (κ1) is 37.3. The van der Waals surface area contributed by atoms with Crippen LogP contribution in [0.25, 0.3) is 10.8 Å². The molecule has 1 saturated heterocycles. The van der Waals surface area contributed by atoms with E-state index in [1.807, 2.05) is 18.2 Å². The van der Waals surface area contributed by atoms with Gasteiger partial charge in [0.2, 0.25) is 27.7 Å². The standard InChI is InChI=1S/C40H51N3O9S/c1-3-27-22-40(27,39(47)42-53(48,49)29-13-14-29)23-34(44)33-20-28-24-43(33)38(46)31(26-11-7-4-8-12-26)21-36(45)51-17-9-5-6-10-25-18-32-30(35(19-25)50-2)15-16-41-37(32)52-28/h3,15-16,18-19,26-29,31,33H,1,4-14,17,20-24H2,2H3,(H,42,47)/t27-,28+,31-,33-,40+/m0/s1. The summed E-state index contributed by atoms with van der Waals surface area (Å²) < 4.78 is 45.8. The second-order valence-electron chi connectivity index (χ2n) is 15.8. The Labute approximate surface area is 311 Å². The normalized spacial score (nSPS) is 28.7. The molecular formula is C40H51N3O9S. The molecular weight excluding hydrogens is 699 g/mol. The number of amides is 2. The molecule has 53 heavy (non-hydrogen) atoms. The van der Waals surface area contributed by atoms with E-state index in [-0.39, 0.29) is 62.4 Å². The van der Waals surface area contributed by atoms with Gasteiger partial charge in [0.15, 0.2) is 5.78 Å². The fourth-order valence-electron chi connectivity index (χ4n) is 8.82. The van der Waals surface area contributed by atoms with Crippen LogP contribution in [0.4, 0.5) is 0 Å². The third-order valence-corrected chi connectivity index (χ3v) is 14.0. The molecule has 7 rings (SSSR count). The summed E-state index contributed by atoms with van der Waals surface area (Å²) in [7, 11) is -2.22. The Hall–Kier alpha value is -4.00. The van der Waals surface area contributed by atoms with Crippen LogP contribution in [0.1, 0.15) is 95.5 Å². The number of aromatic nitrogens is 1. The van der Waals surface area contributed by atoms with Gasteiger partial charge in [0, 0.05) is 29.8 Å². The second kappa shape index (κ2) is 15.4. The van der Waals surface area contributed by atoms with E-state index in [0.717, 1.165) is 67.7 Å². The molecule has 4 bridgehead atoms. The summed E-state index contributed by atoms with van der Waals surface area (Å²) in [5.74, 6) is -1.78. The number of rotatable bonds is 9. The summed E-state index contributed by atoms with van der Waals surface area (Å²) >= 11 is 0. The molecule has 5 aliphatic rings. The van der Waals surface area contributed by atoms with Crippen molar-refractivity contribution < 1.29 is 41.8 Å². The summed E-state index contributed by atoms with van der Waals surface area (Å²) in [4.78, 5) is 62.3. The monoisotopic (exact) mass is 749 g/mol. The number of fused-ring (bicyclic) bond motifs is 3. The maximum Gasteiger partial charge on any atom is 0.306 e. The number of cyclic esters (lactones) is 1. The number of carbonyl (C=O) groups excluding carboxylic acids is 4. The number of nitrogens with one attached hydrogen (secondary N) is 1. The van der Waals surface area contributed by atoms with Crippen molar-refractivity contribution in [2.45, 2.75) is 114 Å². The van der Waals surface area contributed by atoms with Crippen molar-refractivity contribution in [3.05, 3.63) is 42.6 Å². The van der Waals surface area contributed by atoms with E-state index in [2.05, 4.69) is 16.3 Å². The number of ether oxygens (including phenoxy) is 3. The predicted molar refractivity (Wildman–Crippen MR) is 196 cm³/mol. The molecule has 2 amide bonds. The van der Waals surface area contributed by atoms with E-state index in [9.17, 15) is 27.6 Å². The van der Waals surface area contributed by atoms with Crippen LogP contribution < -0.4 is 14.2 Å². The molecule has 286 valence electrons. The van der Waals surface area contributed by atoms with Gasteiger partial charge in [-0.1, -0.05) is 25.3 Å². The third-order valence-electron chi connectivity index (χ3n) is 12.1. The number of carbonyl (C=O) groups is 4. The highest BCUT2D eigenvalue weighted by molar-refractivity contribution is 7.90. The second-order valence-corrected chi connectivity index (χ2v) is 17.7. The van der Waals surface area contributed by atoms with Gasteiger partial charge in [-0.2, -0.15) is 0 Å². The van der Waals surface area contributed by atoms with Crippen molar-refractivity contribution in [2.24, 2.45) is 23.2 Å². The number of Topliss-reactive ketones (excluding diaryl/α,β-unsaturated/α-hetero) is 1. The fourth-order valence-corrected chi connectivity index (χ4v) is 10.2. The van der Waals surface area contributed by atoms with E-state index in [0.29, 0.717) is 30.9 Å². The average Bonchev–Trinajstić information content (AvgIpc) is 4.08. The van der Waals surface area contributed by atoms with E-state index >= 15 is 0 Å². The van der Waals surface area contributed by atoms with Gasteiger partial charge in [0.05, 0.1) is 49.3 Å². The minimum atomic E-state index is -3.84. The van der Waals surface area contributed by atoms with Gasteiger partial charge in [-0.15, -0.1) is 6.58 Å². The molecule has 1 N–H and O–H groups in total. The van der Waals surface area contributed by atoms with Crippen molar-refractivity contribution in [3.63, 3.8) is 0 Å². The number of hydrogen-bond acceptors (Lipinski definition) is 10. The van der Waals surface area contributed by atoms with Crippen molar-refractivity contribution in [1.29, 1.82) is 0 Å². The molecule has 3 aliphatic carbocycles. The van der Waals surface area contributed by atoms with Gasteiger partial charge in [-0.3, -0.25) is 23.9 Å². The van der Waals surface area contributed by atoms with E-state index in [1.54, 1.807) is 24.3 Å². The molecule has 4 fully saturated rings. The minimum absolute atomic E-state index is 0.0333. The lowest BCUT2D eigenvalue weighted by Gasteiger charge is -2.34.